The molecule has 18 heavy (non-hydrogen) atoms. The van der Waals surface area contributed by atoms with Crippen molar-refractivity contribution in [2.45, 2.75) is 19.3 Å². The first-order chi connectivity index (χ1) is 8.86. The van der Waals surface area contributed by atoms with E-state index in [4.69, 9.17) is 5.73 Å². The average Bonchev–Trinajstić information content (AvgIpc) is 2.62. The fourth-order valence-electron chi connectivity index (χ4n) is 2.46. The molecule has 2 N–H and O–H groups in total. The zero-order valence-corrected chi connectivity index (χ0v) is 10.2. The summed E-state index contributed by atoms with van der Waals surface area (Å²) in [5, 5.41) is 0. The van der Waals surface area contributed by atoms with Gasteiger partial charge in [0.2, 0.25) is 0 Å². The number of fused-ring (bicyclic) bond motifs is 1. The molecule has 2 heterocycles. The Balaban J connectivity index is 2.10. The maximum absolute atomic E-state index is 5.94. The molecular weight excluding hydrogens is 224 g/mol. The second kappa shape index (κ2) is 4.64. The molecule has 0 atom stereocenters. The molecule has 0 aliphatic carbocycles. The van der Waals surface area contributed by atoms with Crippen molar-refractivity contribution in [3.63, 3.8) is 0 Å². The number of hydrogen-bond donors (Lipinski definition) is 1. The van der Waals surface area contributed by atoms with Crippen LogP contribution in [0.3, 0.4) is 0 Å². The molecule has 1 aliphatic rings. The van der Waals surface area contributed by atoms with E-state index < -0.39 is 0 Å². The van der Waals surface area contributed by atoms with Crippen molar-refractivity contribution in [2.24, 2.45) is 0 Å². The predicted octanol–water partition coefficient (Wildman–Crippen LogP) is 2.53. The molecular formula is C14H16N4. The van der Waals surface area contributed by atoms with Gasteiger partial charge in [0.1, 0.15) is 0 Å². The number of aromatic nitrogens is 2. The molecule has 4 heteroatoms. The highest BCUT2D eigenvalue weighted by atomic mass is 15.2. The molecule has 1 aromatic heterocycles. The largest absolute Gasteiger partial charge is 0.381 e. The van der Waals surface area contributed by atoms with Crippen LogP contribution in [0, 0.1) is 0 Å². The van der Waals surface area contributed by atoms with E-state index in [9.17, 15) is 0 Å². The first-order valence-corrected chi connectivity index (χ1v) is 6.28. The lowest BCUT2D eigenvalue weighted by Crippen LogP contribution is -2.20. The number of nitrogens with zero attached hydrogens (tertiary/aromatic N) is 3. The molecule has 3 rings (SSSR count). The van der Waals surface area contributed by atoms with Crippen molar-refractivity contribution in [1.29, 1.82) is 0 Å². The van der Waals surface area contributed by atoms with Crippen molar-refractivity contribution >= 4 is 17.3 Å². The Morgan fingerprint density at radius 2 is 1.89 bits per heavy atom. The van der Waals surface area contributed by atoms with Crippen LogP contribution in [-0.4, -0.2) is 16.5 Å². The van der Waals surface area contributed by atoms with Gasteiger partial charge in [-0.3, -0.25) is 0 Å². The van der Waals surface area contributed by atoms with Gasteiger partial charge >= 0.3 is 0 Å². The minimum atomic E-state index is 0.495. The van der Waals surface area contributed by atoms with Gasteiger partial charge in [-0.1, -0.05) is 18.2 Å². The molecule has 0 fully saturated rings. The summed E-state index contributed by atoms with van der Waals surface area (Å²) in [4.78, 5) is 10.7. The maximum atomic E-state index is 5.94. The SMILES string of the molecule is Nc1nccnc1N1CCCCc2ccccc21. The van der Waals surface area contributed by atoms with Crippen LogP contribution in [0.25, 0.3) is 0 Å². The van der Waals surface area contributed by atoms with Gasteiger partial charge in [0.15, 0.2) is 11.6 Å². The van der Waals surface area contributed by atoms with E-state index >= 15 is 0 Å². The maximum Gasteiger partial charge on any atom is 0.176 e. The van der Waals surface area contributed by atoms with E-state index in [0.29, 0.717) is 5.82 Å². The standard InChI is InChI=1S/C14H16N4/c15-13-14(17-9-8-16-13)18-10-4-3-6-11-5-1-2-7-12(11)18/h1-2,5,7-9H,3-4,6,10H2,(H2,15,16). The molecule has 0 unspecified atom stereocenters. The van der Waals surface area contributed by atoms with Crippen LogP contribution in [-0.2, 0) is 6.42 Å². The third-order valence-corrected chi connectivity index (χ3v) is 3.32. The van der Waals surface area contributed by atoms with Crippen LogP contribution in [0.2, 0.25) is 0 Å². The van der Waals surface area contributed by atoms with E-state index in [1.54, 1.807) is 12.4 Å². The van der Waals surface area contributed by atoms with Gasteiger partial charge in [-0.2, -0.15) is 0 Å². The van der Waals surface area contributed by atoms with E-state index in [-0.39, 0.29) is 0 Å². The van der Waals surface area contributed by atoms with Crippen molar-refractivity contribution in [1.82, 2.24) is 9.97 Å². The summed E-state index contributed by atoms with van der Waals surface area (Å²) >= 11 is 0. The van der Waals surface area contributed by atoms with Crippen LogP contribution in [0.1, 0.15) is 18.4 Å². The second-order valence-corrected chi connectivity index (χ2v) is 4.50. The number of para-hydroxylation sites is 1. The van der Waals surface area contributed by atoms with E-state index in [0.717, 1.165) is 25.2 Å². The summed E-state index contributed by atoms with van der Waals surface area (Å²) in [7, 11) is 0. The van der Waals surface area contributed by atoms with Crippen LogP contribution in [0.4, 0.5) is 17.3 Å². The summed E-state index contributed by atoms with van der Waals surface area (Å²) < 4.78 is 0. The van der Waals surface area contributed by atoms with E-state index in [2.05, 4.69) is 39.1 Å². The summed E-state index contributed by atoms with van der Waals surface area (Å²) in [5.41, 5.74) is 8.52. The summed E-state index contributed by atoms with van der Waals surface area (Å²) in [5.74, 6) is 1.26. The number of nitrogen functional groups attached to an aromatic ring is 1. The molecule has 0 bridgehead atoms. The Morgan fingerprint density at radius 3 is 2.78 bits per heavy atom. The molecule has 0 radical (unpaired) electrons. The number of aryl methyl sites for hydroxylation is 1. The molecule has 0 saturated carbocycles. The highest BCUT2D eigenvalue weighted by Gasteiger charge is 2.19. The molecule has 1 aliphatic heterocycles. The Kier molecular flexibility index (Phi) is 2.84. The topological polar surface area (TPSA) is 55.0 Å². The van der Waals surface area contributed by atoms with Gasteiger partial charge < -0.3 is 10.6 Å². The number of nitrogens with two attached hydrogens (primary N) is 1. The minimum Gasteiger partial charge on any atom is -0.381 e. The summed E-state index contributed by atoms with van der Waals surface area (Å²) in [6.45, 7) is 0.944. The average molecular weight is 240 g/mol. The van der Waals surface area contributed by atoms with Crippen LogP contribution < -0.4 is 10.6 Å². The predicted molar refractivity (Wildman–Crippen MR) is 72.8 cm³/mol. The Labute approximate surface area is 106 Å². The lowest BCUT2D eigenvalue weighted by Gasteiger charge is -2.24. The molecule has 2 aromatic rings. The van der Waals surface area contributed by atoms with Gasteiger partial charge in [-0.15, -0.1) is 0 Å². The molecule has 4 nitrogen and oxygen atoms in total. The molecule has 92 valence electrons. The van der Waals surface area contributed by atoms with Gasteiger partial charge in [0, 0.05) is 24.6 Å². The van der Waals surface area contributed by atoms with Gasteiger partial charge in [-0.25, -0.2) is 9.97 Å². The second-order valence-electron chi connectivity index (χ2n) is 4.50. The molecule has 0 saturated heterocycles. The number of anilines is 3. The van der Waals surface area contributed by atoms with Gasteiger partial charge in [-0.05, 0) is 30.9 Å². The van der Waals surface area contributed by atoms with Gasteiger partial charge in [0.25, 0.3) is 0 Å². The number of benzene rings is 1. The number of rotatable bonds is 1. The van der Waals surface area contributed by atoms with Gasteiger partial charge in [0.05, 0.1) is 0 Å². The lowest BCUT2D eigenvalue weighted by atomic mass is 10.1. The zero-order chi connectivity index (χ0) is 12.4. The van der Waals surface area contributed by atoms with Crippen LogP contribution in [0.5, 0.6) is 0 Å². The summed E-state index contributed by atoms with van der Waals surface area (Å²) in [6.07, 6.45) is 6.78. The lowest BCUT2D eigenvalue weighted by molar-refractivity contribution is 0.757. The quantitative estimate of drug-likeness (QED) is 0.832. The fraction of sp³-hybridized carbons (Fsp3) is 0.286. The van der Waals surface area contributed by atoms with Crippen LogP contribution in [0.15, 0.2) is 36.7 Å². The first kappa shape index (κ1) is 11.0. The van der Waals surface area contributed by atoms with Crippen molar-refractivity contribution < 1.29 is 0 Å². The molecule has 0 amide bonds. The zero-order valence-electron chi connectivity index (χ0n) is 10.2. The van der Waals surface area contributed by atoms with E-state index in [1.807, 2.05) is 0 Å². The third-order valence-electron chi connectivity index (χ3n) is 3.32. The first-order valence-electron chi connectivity index (χ1n) is 6.28. The fourth-order valence-corrected chi connectivity index (χ4v) is 2.46. The Hall–Kier alpha value is -2.10. The Morgan fingerprint density at radius 1 is 1.06 bits per heavy atom. The highest BCUT2D eigenvalue weighted by molar-refractivity contribution is 5.70. The minimum absolute atomic E-state index is 0.495. The van der Waals surface area contributed by atoms with Crippen molar-refractivity contribution in [3.05, 3.63) is 42.2 Å². The monoisotopic (exact) mass is 240 g/mol. The van der Waals surface area contributed by atoms with E-state index in [1.165, 1.54) is 17.7 Å². The smallest absolute Gasteiger partial charge is 0.176 e. The number of hydrogen-bond acceptors (Lipinski definition) is 4. The molecule has 0 spiro atoms. The summed E-state index contributed by atoms with van der Waals surface area (Å²) in [6, 6.07) is 8.46. The highest BCUT2D eigenvalue weighted by Crippen LogP contribution is 2.33. The molecule has 1 aromatic carbocycles. The normalized spacial score (nSPS) is 15.0. The van der Waals surface area contributed by atoms with Crippen LogP contribution >= 0.6 is 0 Å². The van der Waals surface area contributed by atoms with Crippen molar-refractivity contribution in [2.75, 3.05) is 17.2 Å². The third kappa shape index (κ3) is 1.90. The Bertz CT molecular complexity index is 553. The van der Waals surface area contributed by atoms with Crippen molar-refractivity contribution in [3.8, 4) is 0 Å².